The van der Waals surface area contributed by atoms with Gasteiger partial charge in [0.05, 0.1) is 21.1 Å². The van der Waals surface area contributed by atoms with E-state index in [1.165, 1.54) is 12.1 Å². The average molecular weight is 395 g/mol. The number of hydrogen-bond acceptors (Lipinski definition) is 6. The molecule has 0 aliphatic carbocycles. The zero-order chi connectivity index (χ0) is 19.7. The maximum atomic E-state index is 12.1. The Morgan fingerprint density at radius 2 is 1.71 bits per heavy atom. The third-order valence-corrected chi connectivity index (χ3v) is 4.33. The third kappa shape index (κ3) is 3.30. The highest BCUT2D eigenvalue weighted by Crippen LogP contribution is 2.32. The van der Waals surface area contributed by atoms with Gasteiger partial charge in [-0.15, -0.1) is 0 Å². The van der Waals surface area contributed by atoms with Gasteiger partial charge in [0.25, 0.3) is 5.69 Å². The minimum Gasteiger partial charge on any atom is -0.456 e. The molecule has 1 aliphatic rings. The number of nitro groups is 1. The molecule has 1 aromatic heterocycles. The molecule has 0 N–H and O–H groups in total. The van der Waals surface area contributed by atoms with E-state index in [2.05, 4.69) is 4.99 Å². The Bertz CT molecular complexity index is 1160. The first-order valence-electron chi connectivity index (χ1n) is 8.14. The summed E-state index contributed by atoms with van der Waals surface area (Å²) in [5.41, 5.74) is 0.807. The number of cyclic esters (lactones) is 1. The molecule has 8 heteroatoms. The highest BCUT2D eigenvalue weighted by molar-refractivity contribution is 6.34. The fraction of sp³-hybridized carbons (Fsp3) is 0. The molecular weight excluding hydrogens is 384 g/mol. The lowest BCUT2D eigenvalue weighted by molar-refractivity contribution is -0.384. The van der Waals surface area contributed by atoms with Gasteiger partial charge < -0.3 is 9.15 Å². The van der Waals surface area contributed by atoms with Crippen LogP contribution in [-0.2, 0) is 9.53 Å². The lowest BCUT2D eigenvalue weighted by Crippen LogP contribution is -2.05. The van der Waals surface area contributed by atoms with E-state index in [9.17, 15) is 14.9 Å². The average Bonchev–Trinajstić information content (AvgIpc) is 3.29. The van der Waals surface area contributed by atoms with Crippen LogP contribution in [0.5, 0.6) is 0 Å². The van der Waals surface area contributed by atoms with Gasteiger partial charge >= 0.3 is 5.97 Å². The van der Waals surface area contributed by atoms with Crippen LogP contribution in [-0.4, -0.2) is 16.8 Å². The molecule has 0 radical (unpaired) electrons. The van der Waals surface area contributed by atoms with E-state index in [1.54, 1.807) is 54.6 Å². The number of nitrogens with zero attached hydrogens (tertiary/aromatic N) is 2. The van der Waals surface area contributed by atoms with Gasteiger partial charge in [-0.1, -0.05) is 35.9 Å². The number of carbonyl (C=O) groups excluding carboxylic acids is 1. The van der Waals surface area contributed by atoms with Crippen LogP contribution in [0.3, 0.4) is 0 Å². The molecule has 0 atom stereocenters. The summed E-state index contributed by atoms with van der Waals surface area (Å²) >= 11 is 6.11. The molecule has 7 nitrogen and oxygen atoms in total. The monoisotopic (exact) mass is 394 g/mol. The smallest absolute Gasteiger partial charge is 0.363 e. The van der Waals surface area contributed by atoms with Crippen molar-refractivity contribution >= 4 is 35.2 Å². The summed E-state index contributed by atoms with van der Waals surface area (Å²) < 4.78 is 10.8. The van der Waals surface area contributed by atoms with E-state index in [-0.39, 0.29) is 17.3 Å². The maximum Gasteiger partial charge on any atom is 0.363 e. The number of benzene rings is 2. The van der Waals surface area contributed by atoms with Gasteiger partial charge in [0.15, 0.2) is 5.70 Å². The van der Waals surface area contributed by atoms with Crippen molar-refractivity contribution in [3.8, 4) is 11.3 Å². The molecule has 28 heavy (non-hydrogen) atoms. The van der Waals surface area contributed by atoms with Gasteiger partial charge in [-0.05, 0) is 30.3 Å². The van der Waals surface area contributed by atoms with Gasteiger partial charge in [-0.2, -0.15) is 0 Å². The number of ether oxygens (including phenoxy) is 1. The summed E-state index contributed by atoms with van der Waals surface area (Å²) in [4.78, 5) is 27.0. The SMILES string of the molecule is O=C1OC(c2ccccc2Cl)=NC1=Cc1ccc(-c2ccccc2[N+](=O)[O-])o1. The second kappa shape index (κ2) is 7.13. The molecular formula is C20H11ClN2O5. The summed E-state index contributed by atoms with van der Waals surface area (Å²) in [7, 11) is 0. The standard InChI is InChI=1S/C20H11ClN2O5/c21-15-7-3-1-5-13(15)19-22-16(20(24)28-19)11-12-9-10-18(27-12)14-6-2-4-8-17(14)23(25)26/h1-11H. The van der Waals surface area contributed by atoms with Crippen LogP contribution in [0.25, 0.3) is 17.4 Å². The number of rotatable bonds is 4. The van der Waals surface area contributed by atoms with Gasteiger partial charge in [-0.25, -0.2) is 9.79 Å². The summed E-state index contributed by atoms with van der Waals surface area (Å²) in [6.45, 7) is 0. The Hall–Kier alpha value is -3.71. The van der Waals surface area contributed by atoms with Gasteiger partial charge in [0.1, 0.15) is 11.5 Å². The first-order chi connectivity index (χ1) is 13.5. The predicted octanol–water partition coefficient (Wildman–Crippen LogP) is 4.85. The van der Waals surface area contributed by atoms with Crippen LogP contribution in [0.4, 0.5) is 5.69 Å². The molecule has 0 spiro atoms. The van der Waals surface area contributed by atoms with E-state index in [1.807, 2.05) is 0 Å². The van der Waals surface area contributed by atoms with E-state index in [0.29, 0.717) is 27.7 Å². The number of esters is 1. The Morgan fingerprint density at radius 3 is 2.46 bits per heavy atom. The zero-order valence-corrected chi connectivity index (χ0v) is 14.9. The number of halogens is 1. The molecule has 3 aromatic rings. The summed E-state index contributed by atoms with van der Waals surface area (Å²) in [5.74, 6) is 0.0796. The van der Waals surface area contributed by atoms with Crippen LogP contribution in [0, 0.1) is 10.1 Å². The Kier molecular flexibility index (Phi) is 4.50. The van der Waals surface area contributed by atoms with Crippen molar-refractivity contribution < 1.29 is 18.9 Å². The molecule has 0 saturated heterocycles. The second-order valence-corrected chi connectivity index (χ2v) is 6.20. The largest absolute Gasteiger partial charge is 0.456 e. The van der Waals surface area contributed by atoms with Crippen LogP contribution in [0.1, 0.15) is 11.3 Å². The van der Waals surface area contributed by atoms with E-state index >= 15 is 0 Å². The number of aliphatic imine (C=N–C) groups is 1. The van der Waals surface area contributed by atoms with Crippen molar-refractivity contribution in [3.05, 3.63) is 92.8 Å². The third-order valence-electron chi connectivity index (χ3n) is 4.00. The first kappa shape index (κ1) is 17.7. The molecule has 2 heterocycles. The predicted molar refractivity (Wildman–Crippen MR) is 103 cm³/mol. The summed E-state index contributed by atoms with van der Waals surface area (Å²) in [6.07, 6.45) is 1.41. The van der Waals surface area contributed by atoms with Gasteiger partial charge in [-0.3, -0.25) is 10.1 Å². The topological polar surface area (TPSA) is 94.9 Å². The van der Waals surface area contributed by atoms with E-state index in [0.717, 1.165) is 0 Å². The normalized spacial score (nSPS) is 14.8. The highest BCUT2D eigenvalue weighted by Gasteiger charge is 2.26. The Labute approximate surface area is 163 Å². The van der Waals surface area contributed by atoms with Crippen molar-refractivity contribution in [1.29, 1.82) is 0 Å². The summed E-state index contributed by atoms with van der Waals surface area (Å²) in [5, 5.41) is 11.6. The maximum absolute atomic E-state index is 12.1. The molecule has 0 saturated carbocycles. The Balaban J connectivity index is 1.67. The van der Waals surface area contributed by atoms with Crippen LogP contribution in [0.15, 0.2) is 75.8 Å². The van der Waals surface area contributed by atoms with Crippen molar-refractivity contribution in [2.45, 2.75) is 0 Å². The second-order valence-electron chi connectivity index (χ2n) is 5.79. The van der Waals surface area contributed by atoms with E-state index < -0.39 is 10.9 Å². The fourth-order valence-electron chi connectivity index (χ4n) is 2.71. The highest BCUT2D eigenvalue weighted by atomic mass is 35.5. The number of furan rings is 1. The van der Waals surface area contributed by atoms with Crippen LogP contribution < -0.4 is 0 Å². The Morgan fingerprint density at radius 1 is 1.00 bits per heavy atom. The quantitative estimate of drug-likeness (QED) is 0.273. The van der Waals surface area contributed by atoms with Gasteiger partial charge in [0.2, 0.25) is 5.90 Å². The molecule has 138 valence electrons. The van der Waals surface area contributed by atoms with Crippen molar-refractivity contribution in [2.75, 3.05) is 0 Å². The molecule has 0 bridgehead atoms. The molecule has 0 fully saturated rings. The van der Waals surface area contributed by atoms with Gasteiger partial charge in [0, 0.05) is 12.1 Å². The van der Waals surface area contributed by atoms with Crippen LogP contribution >= 0.6 is 11.6 Å². The minimum absolute atomic E-state index is 0.0402. The lowest BCUT2D eigenvalue weighted by atomic mass is 10.1. The molecule has 4 rings (SSSR count). The number of carbonyl (C=O) groups is 1. The fourth-order valence-corrected chi connectivity index (χ4v) is 2.93. The number of para-hydroxylation sites is 1. The lowest BCUT2D eigenvalue weighted by Gasteiger charge is -2.00. The number of nitro benzene ring substituents is 1. The zero-order valence-electron chi connectivity index (χ0n) is 14.2. The van der Waals surface area contributed by atoms with Crippen molar-refractivity contribution in [3.63, 3.8) is 0 Å². The van der Waals surface area contributed by atoms with Crippen molar-refractivity contribution in [2.24, 2.45) is 4.99 Å². The first-order valence-corrected chi connectivity index (χ1v) is 8.52. The minimum atomic E-state index is -0.640. The van der Waals surface area contributed by atoms with E-state index in [4.69, 9.17) is 20.8 Å². The molecule has 0 amide bonds. The molecule has 0 unspecified atom stereocenters. The molecule has 2 aromatic carbocycles. The molecule has 1 aliphatic heterocycles. The summed E-state index contributed by atoms with van der Waals surface area (Å²) in [6, 6.07) is 16.3. The van der Waals surface area contributed by atoms with Crippen molar-refractivity contribution in [1.82, 2.24) is 0 Å². The van der Waals surface area contributed by atoms with Crippen LogP contribution in [0.2, 0.25) is 5.02 Å². The number of hydrogen-bond donors (Lipinski definition) is 0.